The van der Waals surface area contributed by atoms with Gasteiger partial charge in [0.05, 0.1) is 19.8 Å². The van der Waals surface area contributed by atoms with Gasteiger partial charge in [0.2, 0.25) is 0 Å². The minimum atomic E-state index is -1.50. The monoisotopic (exact) mass is 412 g/mol. The van der Waals surface area contributed by atoms with E-state index < -0.39 is 23.1 Å². The second kappa shape index (κ2) is 13.7. The van der Waals surface area contributed by atoms with Crippen molar-refractivity contribution in [3.05, 3.63) is 0 Å². The van der Waals surface area contributed by atoms with Gasteiger partial charge in [-0.15, -0.1) is 69.6 Å². The lowest BCUT2D eigenvalue weighted by Gasteiger charge is -2.17. The van der Waals surface area contributed by atoms with Gasteiger partial charge in [-0.25, -0.2) is 0 Å². The van der Waals surface area contributed by atoms with Gasteiger partial charge in [-0.2, -0.15) is 0 Å². The summed E-state index contributed by atoms with van der Waals surface area (Å²) in [5.41, 5.74) is 0. The minimum absolute atomic E-state index is 0.333. The van der Waals surface area contributed by atoms with Crippen LogP contribution in [0.15, 0.2) is 0 Å². The highest BCUT2D eigenvalue weighted by molar-refractivity contribution is 7.41. The van der Waals surface area contributed by atoms with Crippen molar-refractivity contribution in [3.63, 3.8) is 0 Å². The van der Waals surface area contributed by atoms with Crippen LogP contribution in [0.5, 0.6) is 0 Å². The van der Waals surface area contributed by atoms with E-state index in [-0.39, 0.29) is 0 Å². The van der Waals surface area contributed by atoms with Gasteiger partial charge < -0.3 is 13.6 Å². The molecule has 0 aromatic rings. The van der Waals surface area contributed by atoms with Crippen LogP contribution in [-0.2, 0) is 13.6 Å². The molecule has 0 amide bonds. The molecule has 0 aromatic carbocycles. The molecule has 0 aliphatic carbocycles. The zero-order valence-corrected chi connectivity index (χ0v) is 15.3. The summed E-state index contributed by atoms with van der Waals surface area (Å²) in [5.74, 6) is 0. The molecule has 0 atom stereocenters. The molecule has 10 heteroatoms. The lowest BCUT2D eigenvalue weighted by molar-refractivity contribution is 0.159. The molecule has 0 N–H and O–H groups in total. The fraction of sp³-hybridized carbons (Fsp3) is 1.00. The molecule has 3 nitrogen and oxygen atoms in total. The molecule has 0 aliphatic rings. The van der Waals surface area contributed by atoms with E-state index in [0.717, 1.165) is 0 Å². The van der Waals surface area contributed by atoms with Crippen LogP contribution >= 0.6 is 78.2 Å². The van der Waals surface area contributed by atoms with Crippen LogP contribution in [0.25, 0.3) is 0 Å². The quantitative estimate of drug-likeness (QED) is 0.296. The summed E-state index contributed by atoms with van der Waals surface area (Å²) in [5, 5.41) is 0. The molecule has 19 heavy (non-hydrogen) atoms. The predicted molar refractivity (Wildman–Crippen MR) is 85.1 cm³/mol. The van der Waals surface area contributed by atoms with Crippen LogP contribution in [-0.4, -0.2) is 34.3 Å². The standard InChI is InChI=1S/C9H15Cl6O3P/c10-7(11)1-4-16-19(17-5-2-8(12)13)18-6-3-9(14)15/h7-9H,1-6H2. The highest BCUT2D eigenvalue weighted by atomic mass is 35.5. The highest BCUT2D eigenvalue weighted by Crippen LogP contribution is 2.40. The first-order chi connectivity index (χ1) is 8.91. The molecular formula is C9H15Cl6O3P. The SMILES string of the molecule is ClC(Cl)CCOP(OCCC(Cl)Cl)OCCC(Cl)Cl. The van der Waals surface area contributed by atoms with Crippen LogP contribution in [0.1, 0.15) is 19.3 Å². The smallest absolute Gasteiger partial charge is 0.312 e. The van der Waals surface area contributed by atoms with E-state index in [2.05, 4.69) is 0 Å². The first kappa shape index (κ1) is 21.0. The van der Waals surface area contributed by atoms with Crippen LogP contribution in [0.2, 0.25) is 0 Å². The Kier molecular flexibility index (Phi) is 15.2. The van der Waals surface area contributed by atoms with E-state index in [1.165, 1.54) is 0 Å². The zero-order chi connectivity index (χ0) is 14.7. The fourth-order valence-electron chi connectivity index (χ4n) is 0.761. The van der Waals surface area contributed by atoms with Gasteiger partial charge in [0.1, 0.15) is 14.5 Å². The summed E-state index contributed by atoms with van der Waals surface area (Å²) in [4.78, 5) is -1.45. The van der Waals surface area contributed by atoms with Crippen molar-refractivity contribution in [1.29, 1.82) is 0 Å². The third kappa shape index (κ3) is 16.2. The average Bonchev–Trinajstić information content (AvgIpc) is 2.26. The summed E-state index contributed by atoms with van der Waals surface area (Å²) < 4.78 is 16.2. The molecule has 0 heterocycles. The van der Waals surface area contributed by atoms with Crippen molar-refractivity contribution < 1.29 is 13.6 Å². The summed E-state index contributed by atoms with van der Waals surface area (Å²) in [6.07, 6.45) is 1.45. The predicted octanol–water partition coefficient (Wildman–Crippen LogP) is 5.84. The Morgan fingerprint density at radius 3 is 1.05 bits per heavy atom. The van der Waals surface area contributed by atoms with Crippen LogP contribution < -0.4 is 0 Å². The maximum atomic E-state index is 5.59. The van der Waals surface area contributed by atoms with Crippen molar-refractivity contribution in [3.8, 4) is 0 Å². The van der Waals surface area contributed by atoms with Crippen LogP contribution in [0.4, 0.5) is 0 Å². The van der Waals surface area contributed by atoms with Gasteiger partial charge in [-0.3, -0.25) is 0 Å². The average molecular weight is 415 g/mol. The largest absolute Gasteiger partial charge is 0.332 e. The van der Waals surface area contributed by atoms with Gasteiger partial charge in [0.25, 0.3) is 0 Å². The maximum absolute atomic E-state index is 5.59. The van der Waals surface area contributed by atoms with Gasteiger partial charge >= 0.3 is 8.60 Å². The van der Waals surface area contributed by atoms with Crippen molar-refractivity contribution in [2.45, 2.75) is 33.8 Å². The van der Waals surface area contributed by atoms with Gasteiger partial charge in [-0.1, -0.05) is 0 Å². The van der Waals surface area contributed by atoms with E-state index in [0.29, 0.717) is 39.1 Å². The third-order valence-corrected chi connectivity index (χ3v) is 4.09. The van der Waals surface area contributed by atoms with Crippen molar-refractivity contribution >= 4 is 78.2 Å². The number of halogens is 6. The second-order valence-corrected chi connectivity index (χ2v) is 8.32. The van der Waals surface area contributed by atoms with Crippen molar-refractivity contribution in [2.24, 2.45) is 0 Å². The Balaban J connectivity index is 3.85. The summed E-state index contributed by atoms with van der Waals surface area (Å²) >= 11 is 33.6. The summed E-state index contributed by atoms with van der Waals surface area (Å²) in [6, 6.07) is 0. The zero-order valence-electron chi connectivity index (χ0n) is 9.91. The Morgan fingerprint density at radius 1 is 0.579 bits per heavy atom. The lowest BCUT2D eigenvalue weighted by atomic mass is 10.5. The first-order valence-electron chi connectivity index (χ1n) is 5.45. The summed E-state index contributed by atoms with van der Waals surface area (Å²) in [7, 11) is -1.50. The molecule has 0 radical (unpaired) electrons. The molecular weight excluding hydrogens is 400 g/mol. The van der Waals surface area contributed by atoms with Crippen LogP contribution in [0, 0.1) is 0 Å². The van der Waals surface area contributed by atoms with E-state index in [1.807, 2.05) is 0 Å². The Bertz CT molecular complexity index is 177. The van der Waals surface area contributed by atoms with Gasteiger partial charge in [-0.05, 0) is 0 Å². The maximum Gasteiger partial charge on any atom is 0.332 e. The molecule has 0 aliphatic heterocycles. The van der Waals surface area contributed by atoms with Crippen molar-refractivity contribution in [1.82, 2.24) is 0 Å². The summed E-state index contributed by atoms with van der Waals surface area (Å²) in [6.45, 7) is 0.999. The minimum Gasteiger partial charge on any atom is -0.312 e. The topological polar surface area (TPSA) is 27.7 Å². The number of hydrogen-bond acceptors (Lipinski definition) is 3. The van der Waals surface area contributed by atoms with Gasteiger partial charge in [0.15, 0.2) is 0 Å². The van der Waals surface area contributed by atoms with Crippen molar-refractivity contribution in [2.75, 3.05) is 19.8 Å². The molecule has 0 aromatic heterocycles. The fourth-order valence-corrected chi connectivity index (χ4v) is 2.28. The molecule has 0 rings (SSSR count). The molecule has 0 unspecified atom stereocenters. The molecule has 0 saturated heterocycles. The molecule has 0 fully saturated rings. The Morgan fingerprint density at radius 2 is 0.842 bits per heavy atom. The number of hydrogen-bond donors (Lipinski definition) is 0. The third-order valence-electron chi connectivity index (χ3n) is 1.60. The Labute approximate surface area is 145 Å². The first-order valence-corrected chi connectivity index (χ1v) is 9.16. The second-order valence-electron chi connectivity index (χ2n) is 3.26. The lowest BCUT2D eigenvalue weighted by Crippen LogP contribution is -2.04. The van der Waals surface area contributed by atoms with Gasteiger partial charge in [0, 0.05) is 19.3 Å². The van der Waals surface area contributed by atoms with Crippen LogP contribution in [0.3, 0.4) is 0 Å². The molecule has 0 saturated carbocycles. The molecule has 0 spiro atoms. The number of rotatable bonds is 12. The van der Waals surface area contributed by atoms with E-state index in [1.54, 1.807) is 0 Å². The van der Waals surface area contributed by atoms with E-state index in [9.17, 15) is 0 Å². The molecule has 116 valence electrons. The molecule has 0 bridgehead atoms. The number of alkyl halides is 6. The van der Waals surface area contributed by atoms with E-state index >= 15 is 0 Å². The normalized spacial score (nSPS) is 12.3. The Hall–Kier alpha value is 2.05. The highest BCUT2D eigenvalue weighted by Gasteiger charge is 2.15. The van der Waals surface area contributed by atoms with E-state index in [4.69, 9.17) is 83.2 Å².